The van der Waals surface area contributed by atoms with Crippen LogP contribution in [0.2, 0.25) is 0 Å². The van der Waals surface area contributed by atoms with Crippen molar-refractivity contribution in [3.63, 3.8) is 0 Å². The fraction of sp³-hybridized carbons (Fsp3) is 1.00. The molecule has 1 unspecified atom stereocenters. The maximum atomic E-state index is 5.33. The lowest BCUT2D eigenvalue weighted by Gasteiger charge is -2.36. The second-order valence-electron chi connectivity index (χ2n) is 3.00. The Balaban J connectivity index is 2.40. The summed E-state index contributed by atoms with van der Waals surface area (Å²) >= 11 is 0. The summed E-state index contributed by atoms with van der Waals surface area (Å²) in [6.07, 6.45) is 0.466. The third kappa shape index (κ3) is 1.68. The van der Waals surface area contributed by atoms with Gasteiger partial charge in [0.25, 0.3) is 0 Å². The van der Waals surface area contributed by atoms with Crippen LogP contribution in [0.25, 0.3) is 0 Å². The fourth-order valence-electron chi connectivity index (χ4n) is 1.22. The molecule has 0 aromatic carbocycles. The Labute approximate surface area is 62.6 Å². The third-order valence-electron chi connectivity index (χ3n) is 1.96. The summed E-state index contributed by atoms with van der Waals surface area (Å²) in [6, 6.07) is 0. The molecule has 0 radical (unpaired) electrons. The molecule has 1 aliphatic rings. The van der Waals surface area contributed by atoms with E-state index in [4.69, 9.17) is 4.74 Å². The van der Waals surface area contributed by atoms with Crippen molar-refractivity contribution in [1.82, 2.24) is 9.80 Å². The van der Waals surface area contributed by atoms with E-state index in [0.29, 0.717) is 6.17 Å². The normalized spacial score (nSPS) is 29.4. The van der Waals surface area contributed by atoms with Gasteiger partial charge in [-0.3, -0.25) is 9.80 Å². The highest BCUT2D eigenvalue weighted by molar-refractivity contribution is 4.68. The van der Waals surface area contributed by atoms with Gasteiger partial charge in [0, 0.05) is 6.54 Å². The van der Waals surface area contributed by atoms with Gasteiger partial charge in [-0.25, -0.2) is 0 Å². The number of hydrogen-bond donors (Lipinski definition) is 0. The van der Waals surface area contributed by atoms with Crippen LogP contribution in [-0.2, 0) is 4.74 Å². The second kappa shape index (κ2) is 3.32. The van der Waals surface area contributed by atoms with Crippen molar-refractivity contribution in [1.29, 1.82) is 0 Å². The molecule has 0 aliphatic carbocycles. The van der Waals surface area contributed by atoms with E-state index in [1.54, 1.807) is 0 Å². The molecule has 0 bridgehead atoms. The van der Waals surface area contributed by atoms with Crippen molar-refractivity contribution in [3.05, 3.63) is 0 Å². The first-order valence-electron chi connectivity index (χ1n) is 3.66. The highest BCUT2D eigenvalue weighted by Crippen LogP contribution is 2.04. The Morgan fingerprint density at radius 1 is 1.50 bits per heavy atom. The van der Waals surface area contributed by atoms with Crippen LogP contribution in [0.1, 0.15) is 0 Å². The molecule has 1 rings (SSSR count). The first-order chi connectivity index (χ1) is 4.72. The van der Waals surface area contributed by atoms with Gasteiger partial charge in [0.1, 0.15) is 0 Å². The van der Waals surface area contributed by atoms with Crippen LogP contribution in [0.3, 0.4) is 0 Å². The Hall–Kier alpha value is -0.120. The van der Waals surface area contributed by atoms with E-state index in [9.17, 15) is 0 Å². The molecule has 1 aliphatic heterocycles. The molecular formula is C7H16N2O. The number of morpholine rings is 1. The predicted molar refractivity (Wildman–Crippen MR) is 40.9 cm³/mol. The number of ether oxygens (including phenoxy) is 1. The van der Waals surface area contributed by atoms with Gasteiger partial charge in [-0.2, -0.15) is 0 Å². The second-order valence-corrected chi connectivity index (χ2v) is 3.00. The predicted octanol–water partition coefficient (Wildman–Crippen LogP) is -0.164. The van der Waals surface area contributed by atoms with E-state index in [0.717, 1.165) is 19.8 Å². The highest BCUT2D eigenvalue weighted by atomic mass is 16.5. The van der Waals surface area contributed by atoms with Crippen molar-refractivity contribution >= 4 is 0 Å². The largest absolute Gasteiger partial charge is 0.377 e. The minimum atomic E-state index is 0.466. The van der Waals surface area contributed by atoms with Crippen molar-refractivity contribution in [3.8, 4) is 0 Å². The molecule has 60 valence electrons. The first-order valence-corrected chi connectivity index (χ1v) is 3.66. The van der Waals surface area contributed by atoms with Crippen molar-refractivity contribution in [2.75, 3.05) is 40.9 Å². The summed E-state index contributed by atoms with van der Waals surface area (Å²) in [5.74, 6) is 0. The molecular weight excluding hydrogens is 128 g/mol. The van der Waals surface area contributed by atoms with Gasteiger partial charge in [0.15, 0.2) is 0 Å². The van der Waals surface area contributed by atoms with E-state index < -0.39 is 0 Å². The molecule has 1 fully saturated rings. The average Bonchev–Trinajstić information content (AvgIpc) is 1.88. The van der Waals surface area contributed by atoms with Gasteiger partial charge in [-0.1, -0.05) is 0 Å². The lowest BCUT2D eigenvalue weighted by Crippen LogP contribution is -2.50. The summed E-state index contributed by atoms with van der Waals surface area (Å²) in [5.41, 5.74) is 0. The monoisotopic (exact) mass is 144 g/mol. The molecule has 1 heterocycles. The Bertz CT molecular complexity index is 106. The number of rotatable bonds is 1. The number of nitrogens with zero attached hydrogens (tertiary/aromatic N) is 2. The van der Waals surface area contributed by atoms with Crippen molar-refractivity contribution < 1.29 is 4.74 Å². The molecule has 0 aromatic heterocycles. The highest BCUT2D eigenvalue weighted by Gasteiger charge is 2.20. The Kier molecular flexibility index (Phi) is 2.65. The summed E-state index contributed by atoms with van der Waals surface area (Å²) in [5, 5.41) is 0. The van der Waals surface area contributed by atoms with E-state index in [1.165, 1.54) is 0 Å². The SMILES string of the molecule is CN(C)C1COCCN1C. The standard InChI is InChI=1S/C7H16N2O/c1-8(2)7-6-10-5-4-9(7)3/h7H,4-6H2,1-3H3. The van der Waals surface area contributed by atoms with Crippen LogP contribution < -0.4 is 0 Å². The summed E-state index contributed by atoms with van der Waals surface area (Å²) in [4.78, 5) is 4.49. The molecule has 1 atom stereocenters. The number of likely N-dealkylation sites (N-methyl/N-ethyl adjacent to an activating group) is 2. The summed E-state index contributed by atoms with van der Waals surface area (Å²) in [6.45, 7) is 2.76. The summed E-state index contributed by atoms with van der Waals surface area (Å²) in [7, 11) is 6.29. The van der Waals surface area contributed by atoms with Crippen LogP contribution in [-0.4, -0.2) is 56.9 Å². The maximum Gasteiger partial charge on any atom is 0.0857 e. The zero-order chi connectivity index (χ0) is 7.56. The Morgan fingerprint density at radius 3 is 2.60 bits per heavy atom. The Morgan fingerprint density at radius 2 is 2.20 bits per heavy atom. The maximum absolute atomic E-state index is 5.33. The van der Waals surface area contributed by atoms with Crippen LogP contribution >= 0.6 is 0 Å². The zero-order valence-electron chi connectivity index (χ0n) is 7.00. The van der Waals surface area contributed by atoms with Crippen LogP contribution in [0.15, 0.2) is 0 Å². The van der Waals surface area contributed by atoms with Crippen LogP contribution in [0, 0.1) is 0 Å². The fourth-order valence-corrected chi connectivity index (χ4v) is 1.22. The van der Waals surface area contributed by atoms with Crippen LogP contribution in [0.4, 0.5) is 0 Å². The van der Waals surface area contributed by atoms with E-state index >= 15 is 0 Å². The zero-order valence-corrected chi connectivity index (χ0v) is 7.00. The van der Waals surface area contributed by atoms with Crippen molar-refractivity contribution in [2.24, 2.45) is 0 Å². The third-order valence-corrected chi connectivity index (χ3v) is 1.96. The first kappa shape index (κ1) is 7.98. The molecule has 1 saturated heterocycles. The lowest BCUT2D eigenvalue weighted by molar-refractivity contribution is -0.0477. The topological polar surface area (TPSA) is 15.7 Å². The molecule has 0 N–H and O–H groups in total. The average molecular weight is 144 g/mol. The minimum Gasteiger partial charge on any atom is -0.377 e. The van der Waals surface area contributed by atoms with E-state index in [1.807, 2.05) is 0 Å². The van der Waals surface area contributed by atoms with Gasteiger partial charge in [-0.15, -0.1) is 0 Å². The quantitative estimate of drug-likeness (QED) is 0.508. The summed E-state index contributed by atoms with van der Waals surface area (Å²) < 4.78 is 5.33. The van der Waals surface area contributed by atoms with Gasteiger partial charge >= 0.3 is 0 Å². The molecule has 3 heteroatoms. The lowest BCUT2D eigenvalue weighted by atomic mass is 10.3. The van der Waals surface area contributed by atoms with Gasteiger partial charge < -0.3 is 4.74 Å². The van der Waals surface area contributed by atoms with Gasteiger partial charge in [0.2, 0.25) is 0 Å². The van der Waals surface area contributed by atoms with Crippen molar-refractivity contribution in [2.45, 2.75) is 6.17 Å². The van der Waals surface area contributed by atoms with Gasteiger partial charge in [-0.05, 0) is 21.1 Å². The molecule has 0 amide bonds. The smallest absolute Gasteiger partial charge is 0.0857 e. The van der Waals surface area contributed by atoms with E-state index in [2.05, 4.69) is 30.9 Å². The minimum absolute atomic E-state index is 0.466. The van der Waals surface area contributed by atoms with Gasteiger partial charge in [0.05, 0.1) is 19.4 Å². The molecule has 0 spiro atoms. The van der Waals surface area contributed by atoms with Crippen LogP contribution in [0.5, 0.6) is 0 Å². The molecule has 3 nitrogen and oxygen atoms in total. The number of hydrogen-bond acceptors (Lipinski definition) is 3. The molecule has 0 saturated carbocycles. The van der Waals surface area contributed by atoms with E-state index in [-0.39, 0.29) is 0 Å². The molecule has 0 aromatic rings. The molecule has 10 heavy (non-hydrogen) atoms.